The maximum Gasteiger partial charge on any atom is 0.186 e. The number of ketones is 1. The van der Waals surface area contributed by atoms with Crippen LogP contribution in [0.4, 0.5) is 5.13 Å². The second-order valence-electron chi connectivity index (χ2n) is 4.63. The van der Waals surface area contributed by atoms with Crippen LogP contribution in [0.3, 0.4) is 0 Å². The van der Waals surface area contributed by atoms with E-state index in [-0.39, 0.29) is 18.0 Å². The number of thiazole rings is 1. The fourth-order valence-corrected chi connectivity index (χ4v) is 3.16. The lowest BCUT2D eigenvalue weighted by molar-refractivity contribution is -0.00523. The highest BCUT2D eigenvalue weighted by Gasteiger charge is 2.25. The van der Waals surface area contributed by atoms with E-state index in [1.807, 2.05) is 6.92 Å². The minimum atomic E-state index is 0.0978. The van der Waals surface area contributed by atoms with E-state index in [2.05, 4.69) is 23.7 Å². The summed E-state index contributed by atoms with van der Waals surface area (Å²) in [6.07, 6.45) is 0.424. The van der Waals surface area contributed by atoms with E-state index in [1.165, 1.54) is 11.3 Å². The SMILES string of the molecule is CC(=O)c1sc(N2CC(C)OC(C)C2)nc1C. The first kappa shape index (κ1) is 12.5. The molecule has 0 amide bonds. The molecule has 1 aromatic heterocycles. The third-order valence-corrected chi connectivity index (χ3v) is 4.11. The number of morpholine rings is 1. The van der Waals surface area contributed by atoms with Crippen LogP contribution >= 0.6 is 11.3 Å². The predicted octanol–water partition coefficient (Wildman–Crippen LogP) is 2.27. The highest BCUT2D eigenvalue weighted by atomic mass is 32.1. The molecule has 0 N–H and O–H groups in total. The van der Waals surface area contributed by atoms with Crippen molar-refractivity contribution in [2.24, 2.45) is 0 Å². The lowest BCUT2D eigenvalue weighted by Crippen LogP contribution is -2.45. The van der Waals surface area contributed by atoms with Gasteiger partial charge in [0.05, 0.1) is 22.8 Å². The Morgan fingerprint density at radius 1 is 1.41 bits per heavy atom. The summed E-state index contributed by atoms with van der Waals surface area (Å²) in [6.45, 7) is 9.30. The molecule has 4 nitrogen and oxygen atoms in total. The number of Topliss-reactive ketones (excluding diaryl/α,β-unsaturated/α-hetero) is 1. The smallest absolute Gasteiger partial charge is 0.186 e. The molecule has 2 unspecified atom stereocenters. The summed E-state index contributed by atoms with van der Waals surface area (Å²) in [5.74, 6) is 0.0978. The largest absolute Gasteiger partial charge is 0.372 e. The molecule has 0 bridgehead atoms. The summed E-state index contributed by atoms with van der Waals surface area (Å²) in [5, 5.41) is 0.940. The Kier molecular flexibility index (Phi) is 3.49. The van der Waals surface area contributed by atoms with Gasteiger partial charge in [0.15, 0.2) is 10.9 Å². The number of ether oxygens (including phenoxy) is 1. The van der Waals surface area contributed by atoms with Crippen molar-refractivity contribution in [3.8, 4) is 0 Å². The highest BCUT2D eigenvalue weighted by molar-refractivity contribution is 7.17. The van der Waals surface area contributed by atoms with Gasteiger partial charge in [0.1, 0.15) is 0 Å². The van der Waals surface area contributed by atoms with Crippen LogP contribution in [0.1, 0.15) is 36.1 Å². The quantitative estimate of drug-likeness (QED) is 0.759. The molecule has 94 valence electrons. The Morgan fingerprint density at radius 3 is 2.47 bits per heavy atom. The van der Waals surface area contributed by atoms with Crippen LogP contribution < -0.4 is 4.90 Å². The van der Waals surface area contributed by atoms with E-state index >= 15 is 0 Å². The lowest BCUT2D eigenvalue weighted by Gasteiger charge is -2.35. The Labute approximate surface area is 106 Å². The molecule has 1 fully saturated rings. The zero-order valence-corrected chi connectivity index (χ0v) is 11.5. The Balaban J connectivity index is 2.22. The van der Waals surface area contributed by atoms with E-state index in [4.69, 9.17) is 4.74 Å². The van der Waals surface area contributed by atoms with Crippen molar-refractivity contribution in [2.45, 2.75) is 39.9 Å². The van der Waals surface area contributed by atoms with Gasteiger partial charge in [0.2, 0.25) is 0 Å². The molecule has 0 saturated carbocycles. The van der Waals surface area contributed by atoms with Gasteiger partial charge >= 0.3 is 0 Å². The monoisotopic (exact) mass is 254 g/mol. The average Bonchev–Trinajstić information content (AvgIpc) is 2.59. The molecule has 0 spiro atoms. The first-order chi connectivity index (χ1) is 7.97. The summed E-state index contributed by atoms with van der Waals surface area (Å²) in [6, 6.07) is 0. The third-order valence-electron chi connectivity index (χ3n) is 2.80. The zero-order chi connectivity index (χ0) is 12.6. The van der Waals surface area contributed by atoms with Gasteiger partial charge in [0, 0.05) is 20.0 Å². The Morgan fingerprint density at radius 2 is 2.00 bits per heavy atom. The molecule has 1 saturated heterocycles. The van der Waals surface area contributed by atoms with Crippen LogP contribution in [0, 0.1) is 6.92 Å². The molecule has 2 heterocycles. The van der Waals surface area contributed by atoms with Gasteiger partial charge in [0.25, 0.3) is 0 Å². The van der Waals surface area contributed by atoms with Crippen LogP contribution in [0.25, 0.3) is 0 Å². The number of anilines is 1. The Hall–Kier alpha value is -0.940. The zero-order valence-electron chi connectivity index (χ0n) is 10.7. The minimum Gasteiger partial charge on any atom is -0.372 e. The van der Waals surface area contributed by atoms with Gasteiger partial charge in [-0.2, -0.15) is 0 Å². The maximum atomic E-state index is 11.4. The number of rotatable bonds is 2. The summed E-state index contributed by atoms with van der Waals surface area (Å²) in [5.41, 5.74) is 0.837. The topological polar surface area (TPSA) is 42.4 Å². The normalized spacial score (nSPS) is 25.1. The number of aromatic nitrogens is 1. The van der Waals surface area contributed by atoms with Gasteiger partial charge in [-0.1, -0.05) is 11.3 Å². The first-order valence-electron chi connectivity index (χ1n) is 5.86. The van der Waals surface area contributed by atoms with E-state index in [1.54, 1.807) is 6.92 Å². The van der Waals surface area contributed by atoms with Crippen molar-refractivity contribution in [3.63, 3.8) is 0 Å². The number of carbonyl (C=O) groups is 1. The van der Waals surface area contributed by atoms with E-state index in [0.717, 1.165) is 28.8 Å². The highest BCUT2D eigenvalue weighted by Crippen LogP contribution is 2.28. The second kappa shape index (κ2) is 4.74. The number of hydrogen-bond acceptors (Lipinski definition) is 5. The average molecular weight is 254 g/mol. The van der Waals surface area contributed by atoms with Crippen LogP contribution in [0.2, 0.25) is 0 Å². The predicted molar refractivity (Wildman–Crippen MR) is 69.1 cm³/mol. The van der Waals surface area contributed by atoms with Gasteiger partial charge in [-0.05, 0) is 20.8 Å². The van der Waals surface area contributed by atoms with Gasteiger partial charge in [-0.15, -0.1) is 0 Å². The Bertz CT molecular complexity index is 420. The van der Waals surface area contributed by atoms with Gasteiger partial charge < -0.3 is 9.64 Å². The molecule has 5 heteroatoms. The molecule has 0 aliphatic carbocycles. The summed E-state index contributed by atoms with van der Waals surface area (Å²) < 4.78 is 5.69. The maximum absolute atomic E-state index is 11.4. The van der Waals surface area contributed by atoms with Crippen LogP contribution in [0.15, 0.2) is 0 Å². The van der Waals surface area contributed by atoms with Crippen LogP contribution in [-0.2, 0) is 4.74 Å². The molecule has 2 rings (SSSR count). The second-order valence-corrected chi connectivity index (χ2v) is 5.61. The molecule has 2 atom stereocenters. The molecular formula is C12H18N2O2S. The molecule has 1 aliphatic heterocycles. The van der Waals surface area contributed by atoms with Crippen molar-refractivity contribution in [1.29, 1.82) is 0 Å². The van der Waals surface area contributed by atoms with Crippen molar-refractivity contribution in [2.75, 3.05) is 18.0 Å². The number of nitrogens with zero attached hydrogens (tertiary/aromatic N) is 2. The first-order valence-corrected chi connectivity index (χ1v) is 6.67. The van der Waals surface area contributed by atoms with Crippen molar-refractivity contribution in [3.05, 3.63) is 10.6 Å². The van der Waals surface area contributed by atoms with Gasteiger partial charge in [-0.3, -0.25) is 4.79 Å². The minimum absolute atomic E-state index is 0.0978. The lowest BCUT2D eigenvalue weighted by atomic mass is 10.2. The van der Waals surface area contributed by atoms with E-state index in [9.17, 15) is 4.79 Å². The summed E-state index contributed by atoms with van der Waals surface area (Å²) in [4.78, 5) is 18.9. The molecule has 0 aromatic carbocycles. The van der Waals surface area contributed by atoms with E-state index < -0.39 is 0 Å². The number of hydrogen-bond donors (Lipinski definition) is 0. The number of aryl methyl sites for hydroxylation is 1. The summed E-state index contributed by atoms with van der Waals surface area (Å²) >= 11 is 1.49. The molecule has 1 aliphatic rings. The van der Waals surface area contributed by atoms with Crippen molar-refractivity contribution < 1.29 is 9.53 Å². The van der Waals surface area contributed by atoms with Crippen LogP contribution in [0.5, 0.6) is 0 Å². The van der Waals surface area contributed by atoms with Gasteiger partial charge in [-0.25, -0.2) is 4.98 Å². The fraction of sp³-hybridized carbons (Fsp3) is 0.667. The summed E-state index contributed by atoms with van der Waals surface area (Å²) in [7, 11) is 0. The fourth-order valence-electron chi connectivity index (χ4n) is 2.18. The van der Waals surface area contributed by atoms with Crippen molar-refractivity contribution >= 4 is 22.3 Å². The molecule has 17 heavy (non-hydrogen) atoms. The standard InChI is InChI=1S/C12H18N2O2S/c1-7-5-14(6-8(2)16-7)12-13-9(3)11(17-12)10(4)15/h7-8H,5-6H2,1-4H3. The number of carbonyl (C=O) groups excluding carboxylic acids is 1. The van der Waals surface area contributed by atoms with Crippen molar-refractivity contribution in [1.82, 2.24) is 4.98 Å². The molecule has 0 radical (unpaired) electrons. The van der Waals surface area contributed by atoms with Crippen LogP contribution in [-0.4, -0.2) is 36.1 Å². The van der Waals surface area contributed by atoms with E-state index in [0.29, 0.717) is 0 Å². The third kappa shape index (κ3) is 2.66. The molecular weight excluding hydrogens is 236 g/mol. The molecule has 1 aromatic rings.